The Morgan fingerprint density at radius 2 is 1.89 bits per heavy atom. The van der Waals surface area contributed by atoms with Crippen molar-refractivity contribution in [2.75, 3.05) is 5.32 Å². The first-order chi connectivity index (χ1) is 9.10. The first kappa shape index (κ1) is 13.8. The average Bonchev–Trinajstić information content (AvgIpc) is 2.41. The molecule has 0 aliphatic rings. The number of anilines is 1. The van der Waals surface area contributed by atoms with Gasteiger partial charge in [0.25, 0.3) is 0 Å². The molecular weight excluding hydrogens is 354 g/mol. The predicted molar refractivity (Wildman–Crippen MR) is 82.3 cm³/mol. The summed E-state index contributed by atoms with van der Waals surface area (Å²) in [7, 11) is 0. The number of nitrogens with zero attached hydrogens (tertiary/aromatic N) is 1. The van der Waals surface area contributed by atoms with Gasteiger partial charge in [0.05, 0.1) is 5.56 Å². The Kier molecular flexibility index (Phi) is 4.38. The van der Waals surface area contributed by atoms with Crippen LogP contribution in [0.1, 0.15) is 24.1 Å². The number of hydrogen-bond donors (Lipinski definition) is 1. The van der Waals surface area contributed by atoms with Crippen molar-refractivity contribution in [1.82, 2.24) is 0 Å². The Morgan fingerprint density at radius 3 is 2.53 bits per heavy atom. The Morgan fingerprint density at radius 1 is 1.21 bits per heavy atom. The second kappa shape index (κ2) is 6.02. The predicted octanol–water partition coefficient (Wildman–Crippen LogP) is 4.48. The van der Waals surface area contributed by atoms with E-state index in [2.05, 4.69) is 27.9 Å². The van der Waals surface area contributed by atoms with E-state index < -0.39 is 5.82 Å². The lowest BCUT2D eigenvalue weighted by molar-refractivity contribution is 0.624. The molecule has 0 amide bonds. The maximum absolute atomic E-state index is 13.2. The molecular formula is C15H12FIN2. The number of hydrogen-bond acceptors (Lipinski definition) is 2. The highest BCUT2D eigenvalue weighted by molar-refractivity contribution is 14.1. The molecule has 0 saturated carbocycles. The molecule has 0 bridgehead atoms. The zero-order valence-electron chi connectivity index (χ0n) is 10.3. The molecule has 0 radical (unpaired) electrons. The fourth-order valence-corrected chi connectivity index (χ4v) is 2.15. The standard InChI is InChI=1S/C15H12FIN2/c1-10(11-2-4-13(17)5-3-11)19-14-6-7-15(16)12(8-14)9-18/h2-8,10,19H,1H3. The Hall–Kier alpha value is -1.61. The van der Waals surface area contributed by atoms with Crippen LogP contribution in [-0.4, -0.2) is 0 Å². The summed E-state index contributed by atoms with van der Waals surface area (Å²) in [6.07, 6.45) is 0. The van der Waals surface area contributed by atoms with Gasteiger partial charge in [0.15, 0.2) is 0 Å². The van der Waals surface area contributed by atoms with E-state index in [1.54, 1.807) is 6.07 Å². The van der Waals surface area contributed by atoms with Gasteiger partial charge in [-0.3, -0.25) is 0 Å². The van der Waals surface area contributed by atoms with E-state index in [-0.39, 0.29) is 11.6 Å². The third kappa shape index (κ3) is 3.44. The highest BCUT2D eigenvalue weighted by Crippen LogP contribution is 2.21. The van der Waals surface area contributed by atoms with Gasteiger partial charge in [-0.15, -0.1) is 0 Å². The molecule has 0 aliphatic carbocycles. The minimum absolute atomic E-state index is 0.0554. The quantitative estimate of drug-likeness (QED) is 0.814. The van der Waals surface area contributed by atoms with Crippen molar-refractivity contribution in [2.24, 2.45) is 0 Å². The van der Waals surface area contributed by atoms with E-state index in [1.165, 1.54) is 15.7 Å². The van der Waals surface area contributed by atoms with Crippen molar-refractivity contribution in [3.05, 3.63) is 63.0 Å². The van der Waals surface area contributed by atoms with Crippen molar-refractivity contribution >= 4 is 28.3 Å². The molecule has 1 atom stereocenters. The van der Waals surface area contributed by atoms with Crippen LogP contribution in [0.2, 0.25) is 0 Å². The van der Waals surface area contributed by atoms with Crippen molar-refractivity contribution in [2.45, 2.75) is 13.0 Å². The van der Waals surface area contributed by atoms with Crippen LogP contribution in [0, 0.1) is 20.7 Å². The Labute approximate surface area is 125 Å². The molecule has 2 rings (SSSR count). The van der Waals surface area contributed by atoms with Crippen molar-refractivity contribution in [3.8, 4) is 6.07 Å². The zero-order valence-corrected chi connectivity index (χ0v) is 12.5. The summed E-state index contributed by atoms with van der Waals surface area (Å²) in [5.74, 6) is -0.491. The van der Waals surface area contributed by atoms with Crippen molar-refractivity contribution in [3.63, 3.8) is 0 Å². The monoisotopic (exact) mass is 366 g/mol. The molecule has 0 saturated heterocycles. The molecule has 2 nitrogen and oxygen atoms in total. The van der Waals surface area contributed by atoms with Crippen LogP contribution in [-0.2, 0) is 0 Å². The van der Waals surface area contributed by atoms with Crippen LogP contribution in [0.3, 0.4) is 0 Å². The number of rotatable bonds is 3. The van der Waals surface area contributed by atoms with Gasteiger partial charge in [-0.1, -0.05) is 12.1 Å². The Bertz CT molecular complexity index is 617. The van der Waals surface area contributed by atoms with Gasteiger partial charge in [-0.05, 0) is 65.4 Å². The molecule has 0 spiro atoms. The molecule has 0 heterocycles. The molecule has 0 fully saturated rings. The smallest absolute Gasteiger partial charge is 0.141 e. The fourth-order valence-electron chi connectivity index (χ4n) is 1.79. The molecule has 2 aromatic carbocycles. The molecule has 1 N–H and O–H groups in total. The Balaban J connectivity index is 2.17. The summed E-state index contributed by atoms with van der Waals surface area (Å²) < 4.78 is 14.4. The number of benzene rings is 2. The minimum Gasteiger partial charge on any atom is -0.378 e. The van der Waals surface area contributed by atoms with E-state index in [0.717, 1.165) is 11.3 Å². The van der Waals surface area contributed by atoms with Gasteiger partial charge in [0, 0.05) is 15.3 Å². The van der Waals surface area contributed by atoms with E-state index in [1.807, 2.05) is 37.3 Å². The summed E-state index contributed by atoms with van der Waals surface area (Å²) in [6, 6.07) is 14.6. The van der Waals surface area contributed by atoms with E-state index in [0.29, 0.717) is 0 Å². The van der Waals surface area contributed by atoms with Gasteiger partial charge >= 0.3 is 0 Å². The number of nitrogens with one attached hydrogen (secondary N) is 1. The lowest BCUT2D eigenvalue weighted by Crippen LogP contribution is -2.06. The molecule has 0 aromatic heterocycles. The number of halogens is 2. The second-order valence-electron chi connectivity index (χ2n) is 4.22. The highest BCUT2D eigenvalue weighted by Gasteiger charge is 2.07. The second-order valence-corrected chi connectivity index (χ2v) is 5.47. The lowest BCUT2D eigenvalue weighted by atomic mass is 10.1. The zero-order chi connectivity index (χ0) is 13.8. The summed E-state index contributed by atoms with van der Waals surface area (Å²) in [5.41, 5.74) is 1.94. The molecule has 0 aliphatic heterocycles. The van der Waals surface area contributed by atoms with Gasteiger partial charge in [-0.2, -0.15) is 5.26 Å². The van der Waals surface area contributed by atoms with Crippen LogP contribution in [0.5, 0.6) is 0 Å². The maximum atomic E-state index is 13.2. The summed E-state index contributed by atoms with van der Waals surface area (Å²) in [6.45, 7) is 2.03. The summed E-state index contributed by atoms with van der Waals surface area (Å²) >= 11 is 2.26. The van der Waals surface area contributed by atoms with Crippen molar-refractivity contribution < 1.29 is 4.39 Å². The third-order valence-corrected chi connectivity index (χ3v) is 3.56. The summed E-state index contributed by atoms with van der Waals surface area (Å²) in [4.78, 5) is 0. The summed E-state index contributed by atoms with van der Waals surface area (Å²) in [5, 5.41) is 12.1. The van der Waals surface area contributed by atoms with Gasteiger partial charge in [-0.25, -0.2) is 4.39 Å². The molecule has 19 heavy (non-hydrogen) atoms. The fraction of sp³-hybridized carbons (Fsp3) is 0.133. The van der Waals surface area contributed by atoms with E-state index in [9.17, 15) is 4.39 Å². The first-order valence-electron chi connectivity index (χ1n) is 5.82. The van der Waals surface area contributed by atoms with Crippen LogP contribution >= 0.6 is 22.6 Å². The van der Waals surface area contributed by atoms with Crippen LogP contribution in [0.4, 0.5) is 10.1 Å². The normalized spacial score (nSPS) is 11.7. The van der Waals surface area contributed by atoms with Gasteiger partial charge < -0.3 is 5.32 Å². The maximum Gasteiger partial charge on any atom is 0.141 e. The molecule has 1 unspecified atom stereocenters. The average molecular weight is 366 g/mol. The van der Waals surface area contributed by atoms with E-state index >= 15 is 0 Å². The lowest BCUT2D eigenvalue weighted by Gasteiger charge is -2.16. The largest absolute Gasteiger partial charge is 0.378 e. The number of nitriles is 1. The van der Waals surface area contributed by atoms with Crippen molar-refractivity contribution in [1.29, 1.82) is 5.26 Å². The SMILES string of the molecule is CC(Nc1ccc(F)c(C#N)c1)c1ccc(I)cc1. The molecule has 4 heteroatoms. The van der Waals surface area contributed by atoms with Gasteiger partial charge in [0.2, 0.25) is 0 Å². The van der Waals surface area contributed by atoms with Crippen LogP contribution in [0.15, 0.2) is 42.5 Å². The molecule has 2 aromatic rings. The molecule has 96 valence electrons. The van der Waals surface area contributed by atoms with E-state index in [4.69, 9.17) is 5.26 Å². The van der Waals surface area contributed by atoms with Gasteiger partial charge in [0.1, 0.15) is 11.9 Å². The highest BCUT2D eigenvalue weighted by atomic mass is 127. The topological polar surface area (TPSA) is 35.8 Å². The van der Waals surface area contributed by atoms with Crippen LogP contribution < -0.4 is 5.32 Å². The first-order valence-corrected chi connectivity index (χ1v) is 6.89. The minimum atomic E-state index is -0.491. The third-order valence-electron chi connectivity index (χ3n) is 2.84. The van der Waals surface area contributed by atoms with Crippen LogP contribution in [0.25, 0.3) is 0 Å².